The van der Waals surface area contributed by atoms with Crippen LogP contribution in [0.1, 0.15) is 32.3 Å². The van der Waals surface area contributed by atoms with Gasteiger partial charge in [0.15, 0.2) is 0 Å². The van der Waals surface area contributed by atoms with Crippen molar-refractivity contribution >= 4 is 17.7 Å². The zero-order valence-electron chi connectivity index (χ0n) is 11.9. The van der Waals surface area contributed by atoms with E-state index in [0.29, 0.717) is 18.9 Å². The van der Waals surface area contributed by atoms with Crippen LogP contribution >= 0.6 is 0 Å². The van der Waals surface area contributed by atoms with Gasteiger partial charge in [-0.15, -0.1) is 0 Å². The van der Waals surface area contributed by atoms with Gasteiger partial charge in [0, 0.05) is 37.8 Å². The Kier molecular flexibility index (Phi) is 6.63. The van der Waals surface area contributed by atoms with Crippen molar-refractivity contribution in [2.24, 2.45) is 0 Å². The van der Waals surface area contributed by atoms with E-state index in [1.165, 1.54) is 0 Å². The number of nitrogens with one attached hydrogen (secondary N) is 3. The third-order valence-electron chi connectivity index (χ3n) is 2.52. The van der Waals surface area contributed by atoms with E-state index in [9.17, 15) is 4.79 Å². The second-order valence-electron chi connectivity index (χ2n) is 4.28. The van der Waals surface area contributed by atoms with Crippen molar-refractivity contribution in [2.75, 3.05) is 30.3 Å². The minimum Gasteiger partial charge on any atom is -0.369 e. The molecule has 0 bridgehead atoms. The van der Waals surface area contributed by atoms with Crippen molar-refractivity contribution in [1.82, 2.24) is 15.3 Å². The number of aryl methyl sites for hydroxylation is 1. The maximum atomic E-state index is 11.5. The molecule has 1 aromatic rings. The molecule has 1 amide bonds. The first-order valence-electron chi connectivity index (χ1n) is 6.75. The molecule has 0 spiro atoms. The van der Waals surface area contributed by atoms with E-state index in [1.54, 1.807) is 6.20 Å². The summed E-state index contributed by atoms with van der Waals surface area (Å²) >= 11 is 0. The number of carbonyl (C=O) groups excluding carboxylic acids is 1. The Bertz CT molecular complexity index is 408. The molecule has 0 aliphatic rings. The molecule has 0 aliphatic carbocycles. The van der Waals surface area contributed by atoms with Crippen LogP contribution in [-0.4, -0.2) is 35.5 Å². The maximum Gasteiger partial charge on any atom is 0.224 e. The number of anilines is 2. The van der Waals surface area contributed by atoms with Crippen LogP contribution in [0, 0.1) is 6.92 Å². The van der Waals surface area contributed by atoms with Crippen LogP contribution in [0.15, 0.2) is 6.20 Å². The lowest BCUT2D eigenvalue weighted by Crippen LogP contribution is -2.26. The lowest BCUT2D eigenvalue weighted by Gasteiger charge is -2.10. The Morgan fingerprint density at radius 2 is 2.05 bits per heavy atom. The fourth-order valence-corrected chi connectivity index (χ4v) is 1.51. The summed E-state index contributed by atoms with van der Waals surface area (Å²) in [7, 11) is 0. The highest BCUT2D eigenvalue weighted by Gasteiger charge is 2.04. The SMILES string of the molecule is CCCNC(=O)CCNc1nc(NCC)ncc1C. The van der Waals surface area contributed by atoms with Gasteiger partial charge in [0.2, 0.25) is 11.9 Å². The van der Waals surface area contributed by atoms with Gasteiger partial charge in [-0.25, -0.2) is 4.98 Å². The zero-order valence-corrected chi connectivity index (χ0v) is 11.9. The first-order valence-corrected chi connectivity index (χ1v) is 6.75. The molecule has 19 heavy (non-hydrogen) atoms. The fourth-order valence-electron chi connectivity index (χ4n) is 1.51. The third-order valence-corrected chi connectivity index (χ3v) is 2.52. The van der Waals surface area contributed by atoms with Crippen molar-refractivity contribution in [3.63, 3.8) is 0 Å². The van der Waals surface area contributed by atoms with Gasteiger partial charge in [-0.05, 0) is 20.3 Å². The number of nitrogens with zero attached hydrogens (tertiary/aromatic N) is 2. The van der Waals surface area contributed by atoms with Gasteiger partial charge in [-0.2, -0.15) is 4.98 Å². The third kappa shape index (κ3) is 5.54. The van der Waals surface area contributed by atoms with Gasteiger partial charge in [-0.1, -0.05) is 6.92 Å². The molecule has 0 saturated heterocycles. The molecule has 1 rings (SSSR count). The highest BCUT2D eigenvalue weighted by Crippen LogP contribution is 2.12. The van der Waals surface area contributed by atoms with E-state index in [0.717, 1.165) is 30.9 Å². The number of hydrogen-bond donors (Lipinski definition) is 3. The molecule has 0 saturated carbocycles. The topological polar surface area (TPSA) is 78.9 Å². The molecule has 1 heterocycles. The maximum absolute atomic E-state index is 11.5. The van der Waals surface area contributed by atoms with Crippen LogP contribution in [0.5, 0.6) is 0 Å². The molecule has 0 aliphatic heterocycles. The quantitative estimate of drug-likeness (QED) is 0.664. The van der Waals surface area contributed by atoms with Crippen LogP contribution in [0.4, 0.5) is 11.8 Å². The largest absolute Gasteiger partial charge is 0.369 e. The molecule has 6 nitrogen and oxygen atoms in total. The van der Waals surface area contributed by atoms with E-state index in [2.05, 4.69) is 25.9 Å². The zero-order chi connectivity index (χ0) is 14.1. The predicted octanol–water partition coefficient (Wildman–Crippen LogP) is 1.55. The Hall–Kier alpha value is -1.85. The molecular weight excluding hydrogens is 242 g/mol. The lowest BCUT2D eigenvalue weighted by atomic mass is 10.3. The smallest absolute Gasteiger partial charge is 0.224 e. The van der Waals surface area contributed by atoms with Crippen molar-refractivity contribution in [2.45, 2.75) is 33.6 Å². The van der Waals surface area contributed by atoms with Gasteiger partial charge >= 0.3 is 0 Å². The van der Waals surface area contributed by atoms with Gasteiger partial charge in [0.1, 0.15) is 5.82 Å². The van der Waals surface area contributed by atoms with E-state index < -0.39 is 0 Å². The number of aromatic nitrogens is 2. The van der Waals surface area contributed by atoms with Crippen molar-refractivity contribution in [1.29, 1.82) is 0 Å². The number of rotatable bonds is 8. The van der Waals surface area contributed by atoms with E-state index >= 15 is 0 Å². The van der Waals surface area contributed by atoms with Crippen molar-refractivity contribution in [3.8, 4) is 0 Å². The van der Waals surface area contributed by atoms with Crippen LogP contribution in [-0.2, 0) is 4.79 Å². The molecular formula is C13H23N5O. The summed E-state index contributed by atoms with van der Waals surface area (Å²) in [6.07, 6.45) is 3.17. The van der Waals surface area contributed by atoms with Gasteiger partial charge in [-0.3, -0.25) is 4.79 Å². The molecule has 3 N–H and O–H groups in total. The Morgan fingerprint density at radius 3 is 2.74 bits per heavy atom. The van der Waals surface area contributed by atoms with E-state index in [1.807, 2.05) is 20.8 Å². The Balaban J connectivity index is 2.43. The summed E-state index contributed by atoms with van der Waals surface area (Å²) in [6, 6.07) is 0. The van der Waals surface area contributed by atoms with Crippen LogP contribution in [0.3, 0.4) is 0 Å². The van der Waals surface area contributed by atoms with Crippen LogP contribution < -0.4 is 16.0 Å². The molecule has 0 radical (unpaired) electrons. The summed E-state index contributed by atoms with van der Waals surface area (Å²) in [5.74, 6) is 1.44. The van der Waals surface area contributed by atoms with E-state index in [4.69, 9.17) is 0 Å². The molecule has 106 valence electrons. The molecule has 0 aromatic carbocycles. The average Bonchev–Trinajstić information content (AvgIpc) is 2.40. The van der Waals surface area contributed by atoms with Gasteiger partial charge in [0.25, 0.3) is 0 Å². The minimum atomic E-state index is 0.0629. The Labute approximate surface area is 114 Å². The summed E-state index contributed by atoms with van der Waals surface area (Å²) in [4.78, 5) is 20.0. The first kappa shape index (κ1) is 15.2. The summed E-state index contributed by atoms with van der Waals surface area (Å²) < 4.78 is 0. The molecule has 0 unspecified atom stereocenters. The minimum absolute atomic E-state index is 0.0629. The predicted molar refractivity (Wildman–Crippen MR) is 77.3 cm³/mol. The number of hydrogen-bond acceptors (Lipinski definition) is 5. The van der Waals surface area contributed by atoms with Crippen LogP contribution in [0.2, 0.25) is 0 Å². The molecule has 0 fully saturated rings. The Morgan fingerprint density at radius 1 is 1.26 bits per heavy atom. The molecule has 6 heteroatoms. The summed E-state index contributed by atoms with van der Waals surface area (Å²) in [5.41, 5.74) is 0.968. The molecule has 1 aromatic heterocycles. The molecule has 0 atom stereocenters. The highest BCUT2D eigenvalue weighted by molar-refractivity contribution is 5.76. The summed E-state index contributed by atoms with van der Waals surface area (Å²) in [6.45, 7) is 8.05. The van der Waals surface area contributed by atoms with Crippen molar-refractivity contribution < 1.29 is 4.79 Å². The van der Waals surface area contributed by atoms with Crippen LogP contribution in [0.25, 0.3) is 0 Å². The number of amides is 1. The second-order valence-corrected chi connectivity index (χ2v) is 4.28. The summed E-state index contributed by atoms with van der Waals surface area (Å²) in [5, 5.41) is 9.07. The fraction of sp³-hybridized carbons (Fsp3) is 0.615. The number of carbonyl (C=O) groups is 1. The standard InChI is InChI=1S/C13H23N5O/c1-4-7-15-11(19)6-8-16-12-10(3)9-17-13(18-12)14-5-2/h9H,4-8H2,1-3H3,(H,15,19)(H2,14,16,17,18). The van der Waals surface area contributed by atoms with Gasteiger partial charge < -0.3 is 16.0 Å². The lowest BCUT2D eigenvalue weighted by molar-refractivity contribution is -0.120. The van der Waals surface area contributed by atoms with Crippen molar-refractivity contribution in [3.05, 3.63) is 11.8 Å². The van der Waals surface area contributed by atoms with E-state index in [-0.39, 0.29) is 5.91 Å². The first-order chi connectivity index (χ1) is 9.17. The average molecular weight is 265 g/mol. The monoisotopic (exact) mass is 265 g/mol. The highest BCUT2D eigenvalue weighted by atomic mass is 16.1. The van der Waals surface area contributed by atoms with Gasteiger partial charge in [0.05, 0.1) is 0 Å². The normalized spacial score (nSPS) is 10.1. The second kappa shape index (κ2) is 8.29.